The summed E-state index contributed by atoms with van der Waals surface area (Å²) < 4.78 is 11.1. The van der Waals surface area contributed by atoms with E-state index in [-0.39, 0.29) is 0 Å². The highest BCUT2D eigenvalue weighted by Crippen LogP contribution is 2.23. The molecule has 0 bridgehead atoms. The van der Waals surface area contributed by atoms with Crippen molar-refractivity contribution in [2.45, 2.75) is 13.5 Å². The molecule has 4 aromatic rings. The van der Waals surface area contributed by atoms with Gasteiger partial charge in [-0.25, -0.2) is 0 Å². The summed E-state index contributed by atoms with van der Waals surface area (Å²) in [5, 5.41) is 7.32. The van der Waals surface area contributed by atoms with E-state index in [9.17, 15) is 0 Å². The highest BCUT2D eigenvalue weighted by molar-refractivity contribution is 5.54. The Bertz CT molecular complexity index is 994. The summed E-state index contributed by atoms with van der Waals surface area (Å²) in [6, 6.07) is 25.5. The molecule has 27 heavy (non-hydrogen) atoms. The second-order valence-corrected chi connectivity index (χ2v) is 6.17. The van der Waals surface area contributed by atoms with E-state index < -0.39 is 0 Å². The molecule has 1 heterocycles. The molecule has 5 heteroatoms. The molecule has 5 nitrogen and oxygen atoms in total. The van der Waals surface area contributed by atoms with Gasteiger partial charge in [0.05, 0.1) is 6.54 Å². The normalized spacial score (nSPS) is 10.6. The third-order valence-corrected chi connectivity index (χ3v) is 4.05. The van der Waals surface area contributed by atoms with Crippen LogP contribution in [-0.4, -0.2) is 10.1 Å². The van der Waals surface area contributed by atoms with Gasteiger partial charge in [0, 0.05) is 11.3 Å². The molecular weight excluding hydrogens is 338 g/mol. The fourth-order valence-corrected chi connectivity index (χ4v) is 2.59. The first-order valence-corrected chi connectivity index (χ1v) is 8.73. The SMILES string of the molecule is Cc1ccc(-c2noc(CNc3ccc(Oc4ccccc4)cc3)n2)cc1. The van der Waals surface area contributed by atoms with Crippen molar-refractivity contribution in [1.82, 2.24) is 10.1 Å². The number of nitrogens with one attached hydrogen (secondary N) is 1. The molecule has 1 aromatic heterocycles. The van der Waals surface area contributed by atoms with Crippen LogP contribution in [0.1, 0.15) is 11.5 Å². The van der Waals surface area contributed by atoms with E-state index in [1.807, 2.05) is 85.8 Å². The number of aryl methyl sites for hydroxylation is 1. The van der Waals surface area contributed by atoms with E-state index in [0.29, 0.717) is 18.3 Å². The monoisotopic (exact) mass is 357 g/mol. The average Bonchev–Trinajstić information content (AvgIpc) is 3.18. The molecule has 3 aromatic carbocycles. The lowest BCUT2D eigenvalue weighted by molar-refractivity contribution is 0.384. The van der Waals surface area contributed by atoms with Gasteiger partial charge < -0.3 is 14.6 Å². The number of hydrogen-bond donors (Lipinski definition) is 1. The maximum atomic E-state index is 5.79. The van der Waals surface area contributed by atoms with Crippen molar-refractivity contribution in [2.24, 2.45) is 0 Å². The third-order valence-electron chi connectivity index (χ3n) is 4.05. The van der Waals surface area contributed by atoms with E-state index >= 15 is 0 Å². The number of hydrogen-bond acceptors (Lipinski definition) is 5. The highest BCUT2D eigenvalue weighted by Gasteiger charge is 2.08. The lowest BCUT2D eigenvalue weighted by Gasteiger charge is -2.07. The molecule has 0 fully saturated rings. The van der Waals surface area contributed by atoms with Gasteiger partial charge in [0.25, 0.3) is 0 Å². The van der Waals surface area contributed by atoms with Crippen LogP contribution >= 0.6 is 0 Å². The standard InChI is InChI=1S/C22H19N3O2/c1-16-7-9-17(10-8-16)22-24-21(27-25-22)15-23-18-11-13-20(14-12-18)26-19-5-3-2-4-6-19/h2-14,23H,15H2,1H3. The zero-order valence-electron chi connectivity index (χ0n) is 14.9. The third kappa shape index (κ3) is 4.33. The zero-order chi connectivity index (χ0) is 18.5. The first-order valence-electron chi connectivity index (χ1n) is 8.73. The van der Waals surface area contributed by atoms with Crippen LogP contribution in [0.5, 0.6) is 11.5 Å². The quantitative estimate of drug-likeness (QED) is 0.497. The van der Waals surface area contributed by atoms with Crippen LogP contribution < -0.4 is 10.1 Å². The van der Waals surface area contributed by atoms with Crippen molar-refractivity contribution in [3.63, 3.8) is 0 Å². The molecular formula is C22H19N3O2. The van der Waals surface area contributed by atoms with Gasteiger partial charge in [0.2, 0.25) is 11.7 Å². The summed E-state index contributed by atoms with van der Waals surface area (Å²) in [4.78, 5) is 4.43. The molecule has 0 saturated heterocycles. The summed E-state index contributed by atoms with van der Waals surface area (Å²) in [5.74, 6) is 2.73. The predicted molar refractivity (Wildman–Crippen MR) is 105 cm³/mol. The van der Waals surface area contributed by atoms with Crippen LogP contribution in [0, 0.1) is 6.92 Å². The van der Waals surface area contributed by atoms with Crippen LogP contribution in [0.3, 0.4) is 0 Å². The van der Waals surface area contributed by atoms with Crippen LogP contribution in [-0.2, 0) is 6.54 Å². The van der Waals surface area contributed by atoms with E-state index in [4.69, 9.17) is 9.26 Å². The van der Waals surface area contributed by atoms with Gasteiger partial charge in [0.15, 0.2) is 0 Å². The van der Waals surface area contributed by atoms with Gasteiger partial charge in [0.1, 0.15) is 11.5 Å². The van der Waals surface area contributed by atoms with E-state index in [1.165, 1.54) is 5.56 Å². The molecule has 0 atom stereocenters. The van der Waals surface area contributed by atoms with Gasteiger partial charge in [-0.3, -0.25) is 0 Å². The Kier molecular flexibility index (Phi) is 4.83. The Morgan fingerprint density at radius 1 is 0.852 bits per heavy atom. The summed E-state index contributed by atoms with van der Waals surface area (Å²) in [5.41, 5.74) is 3.09. The van der Waals surface area contributed by atoms with Gasteiger partial charge in [-0.1, -0.05) is 53.2 Å². The van der Waals surface area contributed by atoms with Gasteiger partial charge in [-0.05, 0) is 43.3 Å². The maximum Gasteiger partial charge on any atom is 0.246 e. The second kappa shape index (κ2) is 7.74. The van der Waals surface area contributed by atoms with E-state index in [0.717, 1.165) is 22.7 Å². The number of anilines is 1. The molecule has 0 spiro atoms. The number of rotatable bonds is 6. The fraction of sp³-hybridized carbons (Fsp3) is 0.0909. The summed E-state index contributed by atoms with van der Waals surface area (Å²) in [7, 11) is 0. The highest BCUT2D eigenvalue weighted by atomic mass is 16.5. The maximum absolute atomic E-state index is 5.79. The van der Waals surface area contributed by atoms with Gasteiger partial charge >= 0.3 is 0 Å². The lowest BCUT2D eigenvalue weighted by atomic mass is 10.1. The summed E-state index contributed by atoms with van der Waals surface area (Å²) in [6.45, 7) is 2.50. The average molecular weight is 357 g/mol. The molecule has 0 saturated carbocycles. The van der Waals surface area contributed by atoms with Crippen molar-refractivity contribution < 1.29 is 9.26 Å². The molecule has 0 radical (unpaired) electrons. The zero-order valence-corrected chi connectivity index (χ0v) is 14.9. The van der Waals surface area contributed by atoms with Crippen LogP contribution in [0.4, 0.5) is 5.69 Å². The van der Waals surface area contributed by atoms with Crippen molar-refractivity contribution >= 4 is 5.69 Å². The molecule has 1 N–H and O–H groups in total. The largest absolute Gasteiger partial charge is 0.457 e. The lowest BCUT2D eigenvalue weighted by Crippen LogP contribution is -1.99. The van der Waals surface area contributed by atoms with Crippen molar-refractivity contribution in [3.8, 4) is 22.9 Å². The van der Waals surface area contributed by atoms with Crippen LogP contribution in [0.2, 0.25) is 0 Å². The Balaban J connectivity index is 1.35. The number of para-hydroxylation sites is 1. The summed E-state index contributed by atoms with van der Waals surface area (Å²) in [6.07, 6.45) is 0. The van der Waals surface area contributed by atoms with E-state index in [1.54, 1.807) is 0 Å². The summed E-state index contributed by atoms with van der Waals surface area (Å²) >= 11 is 0. The molecule has 0 aliphatic heterocycles. The molecule has 0 aliphatic carbocycles. The Hall–Kier alpha value is -3.60. The van der Waals surface area contributed by atoms with Gasteiger partial charge in [-0.15, -0.1) is 0 Å². The number of ether oxygens (including phenoxy) is 1. The van der Waals surface area contributed by atoms with Crippen LogP contribution in [0.15, 0.2) is 83.4 Å². The predicted octanol–water partition coefficient (Wildman–Crippen LogP) is 5.45. The fourth-order valence-electron chi connectivity index (χ4n) is 2.59. The van der Waals surface area contributed by atoms with Crippen molar-refractivity contribution in [3.05, 3.63) is 90.3 Å². The minimum atomic E-state index is 0.456. The van der Waals surface area contributed by atoms with Crippen molar-refractivity contribution in [2.75, 3.05) is 5.32 Å². The molecule has 0 aliphatic rings. The molecule has 0 amide bonds. The molecule has 134 valence electrons. The minimum absolute atomic E-state index is 0.456. The molecule has 4 rings (SSSR count). The van der Waals surface area contributed by atoms with Crippen LogP contribution in [0.25, 0.3) is 11.4 Å². The number of benzene rings is 3. The Morgan fingerprint density at radius 2 is 1.56 bits per heavy atom. The first-order chi connectivity index (χ1) is 13.3. The Morgan fingerprint density at radius 3 is 2.30 bits per heavy atom. The topological polar surface area (TPSA) is 60.2 Å². The smallest absolute Gasteiger partial charge is 0.246 e. The Labute approximate surface area is 157 Å². The first kappa shape index (κ1) is 16.8. The van der Waals surface area contributed by atoms with E-state index in [2.05, 4.69) is 15.5 Å². The molecule has 0 unspecified atom stereocenters. The number of aromatic nitrogens is 2. The minimum Gasteiger partial charge on any atom is -0.457 e. The van der Waals surface area contributed by atoms with Gasteiger partial charge in [-0.2, -0.15) is 4.98 Å². The second-order valence-electron chi connectivity index (χ2n) is 6.17. The van der Waals surface area contributed by atoms with Crippen molar-refractivity contribution in [1.29, 1.82) is 0 Å². The number of nitrogens with zero attached hydrogens (tertiary/aromatic N) is 2.